The van der Waals surface area contributed by atoms with Crippen molar-refractivity contribution in [3.63, 3.8) is 0 Å². The van der Waals surface area contributed by atoms with Gasteiger partial charge in [-0.15, -0.1) is 9.05 Å². The molecule has 0 saturated heterocycles. The molecule has 0 aliphatic rings. The summed E-state index contributed by atoms with van der Waals surface area (Å²) in [7, 11) is -0.474. The van der Waals surface area contributed by atoms with E-state index < -0.39 is 8.25 Å². The molecular formula is C5H12O3P+. The lowest BCUT2D eigenvalue weighted by Gasteiger charge is -1.85. The molecule has 0 aromatic carbocycles. The summed E-state index contributed by atoms with van der Waals surface area (Å²) in [5.74, 6) is 0. The Bertz CT molecular complexity index is 84.3. The Kier molecular flexibility index (Phi) is 6.16. The third-order valence-electron chi connectivity index (χ3n) is 0.844. The molecule has 0 amide bonds. The van der Waals surface area contributed by atoms with Crippen molar-refractivity contribution in [2.24, 2.45) is 0 Å². The van der Waals surface area contributed by atoms with Gasteiger partial charge in [-0.2, -0.15) is 0 Å². The molecular weight excluding hydrogens is 139 g/mol. The van der Waals surface area contributed by atoms with Crippen LogP contribution in [0.25, 0.3) is 0 Å². The molecule has 0 radical (unpaired) electrons. The van der Waals surface area contributed by atoms with Gasteiger partial charge in [0.1, 0.15) is 6.61 Å². The summed E-state index contributed by atoms with van der Waals surface area (Å²) < 4.78 is 19.5. The van der Waals surface area contributed by atoms with Crippen LogP contribution in [-0.4, -0.2) is 13.7 Å². The summed E-state index contributed by atoms with van der Waals surface area (Å²) in [6.45, 7) is 2.57. The highest BCUT2D eigenvalue weighted by molar-refractivity contribution is 7.33. The second kappa shape index (κ2) is 6.14. The van der Waals surface area contributed by atoms with Crippen LogP contribution in [0.2, 0.25) is 0 Å². The maximum Gasteiger partial charge on any atom is 0.697 e. The molecule has 0 aliphatic carbocycles. The highest BCUT2D eigenvalue weighted by Gasteiger charge is 2.14. The van der Waals surface area contributed by atoms with E-state index in [1.54, 1.807) is 0 Å². The first-order chi connectivity index (χ1) is 4.31. The van der Waals surface area contributed by atoms with Crippen molar-refractivity contribution in [1.29, 1.82) is 0 Å². The fraction of sp³-hybridized carbons (Fsp3) is 1.00. The van der Waals surface area contributed by atoms with Crippen LogP contribution in [0, 0.1) is 0 Å². The van der Waals surface area contributed by atoms with E-state index in [9.17, 15) is 4.57 Å². The Morgan fingerprint density at radius 3 is 2.67 bits per heavy atom. The van der Waals surface area contributed by atoms with Crippen LogP contribution in [0.5, 0.6) is 0 Å². The molecule has 54 valence electrons. The van der Waals surface area contributed by atoms with Crippen molar-refractivity contribution in [2.75, 3.05) is 13.7 Å². The number of unbranched alkanes of at least 4 members (excludes halogenated alkanes) is 1. The molecule has 4 heteroatoms. The van der Waals surface area contributed by atoms with Crippen molar-refractivity contribution in [2.45, 2.75) is 19.8 Å². The van der Waals surface area contributed by atoms with Gasteiger partial charge in [0.15, 0.2) is 0 Å². The smallest absolute Gasteiger partial charge is 0.122 e. The van der Waals surface area contributed by atoms with Crippen molar-refractivity contribution in [3.8, 4) is 0 Å². The first-order valence-electron chi connectivity index (χ1n) is 2.95. The quantitative estimate of drug-likeness (QED) is 0.446. The lowest BCUT2D eigenvalue weighted by atomic mass is 10.4. The fourth-order valence-electron chi connectivity index (χ4n) is 0.336. The predicted octanol–water partition coefficient (Wildman–Crippen LogP) is 2.11. The van der Waals surface area contributed by atoms with Gasteiger partial charge in [0.05, 0.1) is 7.11 Å². The maximum atomic E-state index is 10.4. The SMILES string of the molecule is CCCCO[P+](=O)OC. The van der Waals surface area contributed by atoms with Gasteiger partial charge in [-0.3, -0.25) is 0 Å². The van der Waals surface area contributed by atoms with E-state index in [2.05, 4.69) is 4.52 Å². The van der Waals surface area contributed by atoms with Crippen molar-refractivity contribution >= 4 is 8.25 Å². The van der Waals surface area contributed by atoms with E-state index >= 15 is 0 Å². The maximum absolute atomic E-state index is 10.4. The Morgan fingerprint density at radius 1 is 1.56 bits per heavy atom. The molecule has 0 aromatic heterocycles. The van der Waals surface area contributed by atoms with Gasteiger partial charge < -0.3 is 0 Å². The molecule has 1 atom stereocenters. The summed E-state index contributed by atoms with van der Waals surface area (Å²) in [5.41, 5.74) is 0. The normalized spacial score (nSPS) is 11.6. The average Bonchev–Trinajstić information content (AvgIpc) is 1.89. The molecule has 0 rings (SSSR count). The van der Waals surface area contributed by atoms with Crippen LogP contribution >= 0.6 is 8.25 Å². The molecule has 0 bridgehead atoms. The second-order valence-electron chi connectivity index (χ2n) is 1.59. The van der Waals surface area contributed by atoms with Crippen LogP contribution < -0.4 is 0 Å². The molecule has 0 aliphatic heterocycles. The van der Waals surface area contributed by atoms with Crippen molar-refractivity contribution in [1.82, 2.24) is 0 Å². The average molecular weight is 151 g/mol. The van der Waals surface area contributed by atoms with Gasteiger partial charge in [-0.1, -0.05) is 13.3 Å². The first kappa shape index (κ1) is 9.02. The lowest BCUT2D eigenvalue weighted by Crippen LogP contribution is -1.84. The molecule has 0 saturated carbocycles. The Labute approximate surface area is 56.3 Å². The highest BCUT2D eigenvalue weighted by Crippen LogP contribution is 2.21. The van der Waals surface area contributed by atoms with Crippen LogP contribution in [0.3, 0.4) is 0 Å². The van der Waals surface area contributed by atoms with Gasteiger partial charge in [0, 0.05) is 4.57 Å². The third-order valence-corrected chi connectivity index (χ3v) is 1.54. The van der Waals surface area contributed by atoms with Crippen molar-refractivity contribution in [3.05, 3.63) is 0 Å². The zero-order chi connectivity index (χ0) is 7.11. The van der Waals surface area contributed by atoms with Crippen LogP contribution in [0.15, 0.2) is 0 Å². The minimum atomic E-state index is -1.84. The molecule has 0 heterocycles. The molecule has 0 fully saturated rings. The summed E-state index contributed by atoms with van der Waals surface area (Å²) >= 11 is 0. The predicted molar refractivity (Wildman–Crippen MR) is 35.5 cm³/mol. The Balaban J connectivity index is 2.97. The van der Waals surface area contributed by atoms with Crippen LogP contribution in [0.1, 0.15) is 19.8 Å². The van der Waals surface area contributed by atoms with E-state index in [1.165, 1.54) is 7.11 Å². The van der Waals surface area contributed by atoms with Gasteiger partial charge in [-0.05, 0) is 6.42 Å². The number of rotatable bonds is 5. The molecule has 9 heavy (non-hydrogen) atoms. The van der Waals surface area contributed by atoms with Gasteiger partial charge in [-0.25, -0.2) is 0 Å². The summed E-state index contributed by atoms with van der Waals surface area (Å²) in [6.07, 6.45) is 1.98. The molecule has 0 N–H and O–H groups in total. The zero-order valence-electron chi connectivity index (χ0n) is 5.79. The third kappa shape index (κ3) is 5.90. The van der Waals surface area contributed by atoms with E-state index in [0.29, 0.717) is 6.61 Å². The molecule has 0 aromatic rings. The molecule has 3 nitrogen and oxygen atoms in total. The van der Waals surface area contributed by atoms with Gasteiger partial charge >= 0.3 is 8.25 Å². The summed E-state index contributed by atoms with van der Waals surface area (Å²) in [6, 6.07) is 0. The molecule has 0 spiro atoms. The summed E-state index contributed by atoms with van der Waals surface area (Å²) in [4.78, 5) is 0. The minimum Gasteiger partial charge on any atom is -0.122 e. The zero-order valence-corrected chi connectivity index (χ0v) is 6.69. The Hall–Kier alpha value is 0.0200. The van der Waals surface area contributed by atoms with Crippen LogP contribution in [-0.2, 0) is 13.6 Å². The van der Waals surface area contributed by atoms with Crippen molar-refractivity contribution < 1.29 is 13.6 Å². The van der Waals surface area contributed by atoms with Crippen LogP contribution in [0.4, 0.5) is 0 Å². The van der Waals surface area contributed by atoms with Gasteiger partial charge in [0.25, 0.3) is 0 Å². The highest BCUT2D eigenvalue weighted by atomic mass is 31.1. The molecule has 1 unspecified atom stereocenters. The number of hydrogen-bond donors (Lipinski definition) is 0. The largest absolute Gasteiger partial charge is 0.697 e. The van der Waals surface area contributed by atoms with E-state index in [0.717, 1.165) is 12.8 Å². The lowest BCUT2D eigenvalue weighted by molar-refractivity contribution is 0.252. The first-order valence-corrected chi connectivity index (χ1v) is 4.05. The standard InChI is InChI=1S/C5H12O3P/c1-3-4-5-8-9(6)7-2/h3-5H2,1-2H3/q+1. The fourth-order valence-corrected chi connectivity index (χ4v) is 0.720. The van der Waals surface area contributed by atoms with E-state index in [4.69, 9.17) is 4.52 Å². The Morgan fingerprint density at radius 2 is 2.22 bits per heavy atom. The minimum absolute atomic E-state index is 0.527. The summed E-state index contributed by atoms with van der Waals surface area (Å²) in [5, 5.41) is 0. The monoisotopic (exact) mass is 151 g/mol. The number of hydrogen-bond acceptors (Lipinski definition) is 3. The van der Waals surface area contributed by atoms with E-state index in [-0.39, 0.29) is 0 Å². The van der Waals surface area contributed by atoms with E-state index in [1.807, 2.05) is 6.92 Å². The topological polar surface area (TPSA) is 35.5 Å². The second-order valence-corrected chi connectivity index (χ2v) is 2.66. The van der Waals surface area contributed by atoms with Gasteiger partial charge in [0.2, 0.25) is 0 Å².